The topological polar surface area (TPSA) is 74.8 Å². The van der Waals surface area contributed by atoms with E-state index in [-0.39, 0.29) is 11.8 Å². The first-order chi connectivity index (χ1) is 9.58. The van der Waals surface area contributed by atoms with Crippen LogP contribution in [0.5, 0.6) is 0 Å². The van der Waals surface area contributed by atoms with Crippen LogP contribution in [-0.4, -0.2) is 24.4 Å². The fraction of sp³-hybridized carbons (Fsp3) is 0.357. The largest absolute Gasteiger partial charge is 0.306 e. The second kappa shape index (κ2) is 5.03. The second-order valence-electron chi connectivity index (χ2n) is 5.10. The molecule has 20 heavy (non-hydrogen) atoms. The minimum Gasteiger partial charge on any atom is -0.306 e. The number of rotatable bonds is 3. The van der Waals surface area contributed by atoms with Crippen LogP contribution in [0.4, 0.5) is 0 Å². The highest BCUT2D eigenvalue weighted by atomic mass is 32.2. The maximum Gasteiger partial charge on any atom is 0.178 e. The molecule has 2 heterocycles. The molecule has 5 nitrogen and oxygen atoms in total. The molecule has 0 bridgehead atoms. The zero-order valence-corrected chi connectivity index (χ0v) is 12.1. The van der Waals surface area contributed by atoms with Gasteiger partial charge in [-0.25, -0.2) is 8.42 Å². The first kappa shape index (κ1) is 13.3. The van der Waals surface area contributed by atoms with Crippen molar-refractivity contribution in [2.24, 2.45) is 0 Å². The first-order valence-electron chi connectivity index (χ1n) is 6.62. The molecule has 0 fully saturated rings. The van der Waals surface area contributed by atoms with Crippen molar-refractivity contribution >= 4 is 9.84 Å². The molecular formula is C14H17N3O2S. The molecule has 1 aromatic heterocycles. The molecule has 1 unspecified atom stereocenters. The predicted octanol–water partition coefficient (Wildman–Crippen LogP) is 1.73. The minimum atomic E-state index is -3.11. The average molecular weight is 291 g/mol. The fourth-order valence-corrected chi connectivity index (χ4v) is 4.21. The van der Waals surface area contributed by atoms with Gasteiger partial charge in [0.25, 0.3) is 0 Å². The van der Waals surface area contributed by atoms with Gasteiger partial charge in [-0.3, -0.25) is 5.10 Å². The zero-order chi connectivity index (χ0) is 14.2. The summed E-state index contributed by atoms with van der Waals surface area (Å²) in [5, 5.41) is 10.3. The zero-order valence-electron chi connectivity index (χ0n) is 11.3. The third-order valence-electron chi connectivity index (χ3n) is 3.78. The van der Waals surface area contributed by atoms with E-state index in [0.29, 0.717) is 17.9 Å². The number of nitrogens with zero attached hydrogens (tertiary/aromatic N) is 1. The summed E-state index contributed by atoms with van der Waals surface area (Å²) in [6, 6.07) is 7.33. The number of sulfone groups is 1. The monoisotopic (exact) mass is 291 g/mol. The van der Waals surface area contributed by atoms with Crippen molar-refractivity contribution in [2.75, 3.05) is 5.75 Å². The Labute approximate surface area is 118 Å². The summed E-state index contributed by atoms with van der Waals surface area (Å²) in [4.78, 5) is 0.465. The van der Waals surface area contributed by atoms with Crippen molar-refractivity contribution in [2.45, 2.75) is 30.8 Å². The van der Waals surface area contributed by atoms with Crippen LogP contribution >= 0.6 is 0 Å². The molecule has 1 aliphatic rings. The van der Waals surface area contributed by atoms with E-state index in [0.717, 1.165) is 16.8 Å². The van der Waals surface area contributed by atoms with E-state index in [9.17, 15) is 8.42 Å². The number of aryl methyl sites for hydroxylation is 1. The molecule has 0 radical (unpaired) electrons. The number of nitrogens with one attached hydrogen (secondary N) is 2. The summed E-state index contributed by atoms with van der Waals surface area (Å²) in [5.41, 5.74) is 3.02. The molecular weight excluding hydrogens is 274 g/mol. The molecule has 106 valence electrons. The van der Waals surface area contributed by atoms with Gasteiger partial charge in [0.1, 0.15) is 0 Å². The highest BCUT2D eigenvalue weighted by molar-refractivity contribution is 7.91. The summed E-state index contributed by atoms with van der Waals surface area (Å²) in [7, 11) is -3.11. The van der Waals surface area contributed by atoms with Gasteiger partial charge in [0.05, 0.1) is 16.8 Å². The number of hydrogen-bond donors (Lipinski definition) is 2. The Balaban J connectivity index is 1.84. The van der Waals surface area contributed by atoms with Gasteiger partial charge in [0.2, 0.25) is 0 Å². The number of benzene rings is 1. The lowest BCUT2D eigenvalue weighted by Gasteiger charge is -2.26. The molecule has 0 saturated heterocycles. The van der Waals surface area contributed by atoms with Gasteiger partial charge < -0.3 is 5.32 Å². The highest BCUT2D eigenvalue weighted by Gasteiger charge is 2.29. The van der Waals surface area contributed by atoms with Gasteiger partial charge in [-0.15, -0.1) is 0 Å². The van der Waals surface area contributed by atoms with E-state index in [1.165, 1.54) is 0 Å². The molecule has 0 amide bonds. The van der Waals surface area contributed by atoms with Gasteiger partial charge in [-0.05, 0) is 25.0 Å². The fourth-order valence-electron chi connectivity index (χ4n) is 2.59. The average Bonchev–Trinajstić information content (AvgIpc) is 2.84. The van der Waals surface area contributed by atoms with Gasteiger partial charge >= 0.3 is 0 Å². The lowest BCUT2D eigenvalue weighted by atomic mass is 10.0. The van der Waals surface area contributed by atoms with Crippen LogP contribution in [0.25, 0.3) is 0 Å². The Morgan fingerprint density at radius 2 is 2.20 bits per heavy atom. The molecule has 0 saturated carbocycles. The Morgan fingerprint density at radius 3 is 2.95 bits per heavy atom. The van der Waals surface area contributed by atoms with Crippen molar-refractivity contribution in [1.29, 1.82) is 0 Å². The van der Waals surface area contributed by atoms with E-state index in [2.05, 4.69) is 15.5 Å². The summed E-state index contributed by atoms with van der Waals surface area (Å²) in [6.45, 7) is 2.66. The van der Waals surface area contributed by atoms with Gasteiger partial charge in [-0.1, -0.05) is 18.2 Å². The van der Waals surface area contributed by atoms with Crippen molar-refractivity contribution in [3.8, 4) is 0 Å². The van der Waals surface area contributed by atoms with Crippen LogP contribution in [0.2, 0.25) is 0 Å². The van der Waals surface area contributed by atoms with Crippen LogP contribution in [0.1, 0.15) is 29.3 Å². The second-order valence-corrected chi connectivity index (χ2v) is 7.18. The van der Waals surface area contributed by atoms with E-state index < -0.39 is 9.84 Å². The standard InChI is InChI=1S/C14H17N3O2S/c1-10-11(9-16-17-10)8-15-13-6-7-20(18,19)14-5-3-2-4-12(13)14/h2-5,9,13,15H,6-8H2,1H3,(H,16,17). The summed E-state index contributed by atoms with van der Waals surface area (Å²) < 4.78 is 24.1. The number of hydrogen-bond acceptors (Lipinski definition) is 4. The summed E-state index contributed by atoms with van der Waals surface area (Å²) >= 11 is 0. The van der Waals surface area contributed by atoms with Crippen LogP contribution < -0.4 is 5.32 Å². The Morgan fingerprint density at radius 1 is 1.40 bits per heavy atom. The summed E-state index contributed by atoms with van der Waals surface area (Å²) in [6.07, 6.45) is 2.41. The number of H-pyrrole nitrogens is 1. The number of aromatic nitrogens is 2. The van der Waals surface area contributed by atoms with Crippen molar-refractivity contribution in [1.82, 2.24) is 15.5 Å². The normalized spacial score (nSPS) is 20.6. The van der Waals surface area contributed by atoms with E-state index >= 15 is 0 Å². The third kappa shape index (κ3) is 2.36. The molecule has 0 aliphatic carbocycles. The van der Waals surface area contributed by atoms with Crippen molar-refractivity contribution in [3.63, 3.8) is 0 Å². The minimum absolute atomic E-state index is 0.0732. The molecule has 2 aromatic rings. The van der Waals surface area contributed by atoms with Crippen molar-refractivity contribution in [3.05, 3.63) is 47.3 Å². The van der Waals surface area contributed by atoms with Gasteiger partial charge in [-0.2, -0.15) is 5.10 Å². The van der Waals surface area contributed by atoms with E-state index in [4.69, 9.17) is 0 Å². The Hall–Kier alpha value is -1.66. The number of aromatic amines is 1. The Bertz CT molecular complexity index is 722. The van der Waals surface area contributed by atoms with E-state index in [1.54, 1.807) is 18.3 Å². The molecule has 2 N–H and O–H groups in total. The van der Waals surface area contributed by atoms with Crippen LogP contribution in [0, 0.1) is 6.92 Å². The number of fused-ring (bicyclic) bond motifs is 1. The predicted molar refractivity (Wildman–Crippen MR) is 76.0 cm³/mol. The van der Waals surface area contributed by atoms with E-state index in [1.807, 2.05) is 19.1 Å². The molecule has 3 rings (SSSR count). The van der Waals surface area contributed by atoms with Gasteiger partial charge in [0, 0.05) is 23.8 Å². The lowest BCUT2D eigenvalue weighted by Crippen LogP contribution is -2.29. The molecule has 1 atom stereocenters. The van der Waals surface area contributed by atoms with Crippen molar-refractivity contribution < 1.29 is 8.42 Å². The maximum absolute atomic E-state index is 12.1. The lowest BCUT2D eigenvalue weighted by molar-refractivity contribution is 0.491. The SMILES string of the molecule is Cc1[nH]ncc1CNC1CCS(=O)(=O)c2ccccc21. The van der Waals surface area contributed by atoms with Crippen LogP contribution in [0.15, 0.2) is 35.4 Å². The van der Waals surface area contributed by atoms with Crippen LogP contribution in [0.3, 0.4) is 0 Å². The first-order valence-corrected chi connectivity index (χ1v) is 8.27. The smallest absolute Gasteiger partial charge is 0.178 e. The molecule has 1 aromatic carbocycles. The highest BCUT2D eigenvalue weighted by Crippen LogP contribution is 2.32. The molecule has 1 aliphatic heterocycles. The summed E-state index contributed by atoms with van der Waals surface area (Å²) in [5.74, 6) is 0.200. The molecule has 0 spiro atoms. The van der Waals surface area contributed by atoms with Gasteiger partial charge in [0.15, 0.2) is 9.84 Å². The third-order valence-corrected chi connectivity index (χ3v) is 5.59. The van der Waals surface area contributed by atoms with Crippen LogP contribution in [-0.2, 0) is 16.4 Å². The maximum atomic E-state index is 12.1. The Kier molecular flexibility index (Phi) is 3.35. The molecule has 6 heteroatoms. The quantitative estimate of drug-likeness (QED) is 0.903.